The molecule has 1 rings (SSSR count). The minimum atomic E-state index is 0.342. The molecule has 0 aromatic carbocycles. The first kappa shape index (κ1) is 16.5. The van der Waals surface area contributed by atoms with Gasteiger partial charge in [-0.3, -0.25) is 4.79 Å². The molecule has 1 N–H and O–H groups in total. The number of hydrogen-bond acceptors (Lipinski definition) is 2. The van der Waals surface area contributed by atoms with E-state index in [1.807, 2.05) is 0 Å². The first-order valence-corrected chi connectivity index (χ1v) is 8.12. The van der Waals surface area contributed by atoms with Gasteiger partial charge >= 0.3 is 0 Å². The average Bonchev–Trinajstić information content (AvgIpc) is 2.41. The predicted molar refractivity (Wildman–Crippen MR) is 81.2 cm³/mol. The molecule has 1 aliphatic rings. The van der Waals surface area contributed by atoms with Gasteiger partial charge in [0.25, 0.3) is 0 Å². The highest BCUT2D eigenvalue weighted by Crippen LogP contribution is 2.20. The lowest BCUT2D eigenvalue weighted by Crippen LogP contribution is -2.46. The van der Waals surface area contributed by atoms with E-state index in [4.69, 9.17) is 0 Å². The third-order valence-electron chi connectivity index (χ3n) is 4.52. The summed E-state index contributed by atoms with van der Waals surface area (Å²) in [6.07, 6.45) is 6.49. The fourth-order valence-electron chi connectivity index (χ4n) is 2.83. The summed E-state index contributed by atoms with van der Waals surface area (Å²) in [5.41, 5.74) is 0. The van der Waals surface area contributed by atoms with Crippen LogP contribution in [0.15, 0.2) is 0 Å². The van der Waals surface area contributed by atoms with Gasteiger partial charge < -0.3 is 10.2 Å². The van der Waals surface area contributed by atoms with Crippen LogP contribution in [0.2, 0.25) is 0 Å². The third-order valence-corrected chi connectivity index (χ3v) is 4.52. The molecule has 0 aromatic rings. The van der Waals surface area contributed by atoms with Crippen LogP contribution in [0.4, 0.5) is 0 Å². The second-order valence-corrected chi connectivity index (χ2v) is 6.08. The molecule has 3 unspecified atom stereocenters. The summed E-state index contributed by atoms with van der Waals surface area (Å²) in [6, 6.07) is 0.757. The van der Waals surface area contributed by atoms with E-state index in [0.717, 1.165) is 32.4 Å². The quantitative estimate of drug-likeness (QED) is 0.769. The normalized spacial score (nSPS) is 25.1. The Morgan fingerprint density at radius 3 is 2.74 bits per heavy atom. The molecule has 0 radical (unpaired) electrons. The smallest absolute Gasteiger partial charge is 0.224 e. The molecule has 1 heterocycles. The molecular formula is C16H32N2O. The molecule has 3 nitrogen and oxygen atoms in total. The molecule has 19 heavy (non-hydrogen) atoms. The van der Waals surface area contributed by atoms with Gasteiger partial charge in [-0.2, -0.15) is 0 Å². The van der Waals surface area contributed by atoms with E-state index in [1.165, 1.54) is 12.8 Å². The van der Waals surface area contributed by atoms with E-state index >= 15 is 0 Å². The molecule has 1 saturated heterocycles. The Labute approximate surface area is 119 Å². The predicted octanol–water partition coefficient (Wildman–Crippen LogP) is 3.19. The Kier molecular flexibility index (Phi) is 7.44. The zero-order valence-corrected chi connectivity index (χ0v) is 13.2. The topological polar surface area (TPSA) is 32.3 Å². The maximum absolute atomic E-state index is 12.5. The number of rotatable bonds is 7. The highest BCUT2D eigenvalue weighted by atomic mass is 16.2. The molecule has 0 aromatic heterocycles. The Morgan fingerprint density at radius 2 is 2.16 bits per heavy atom. The van der Waals surface area contributed by atoms with Gasteiger partial charge in [-0.05, 0) is 45.1 Å². The molecule has 1 amide bonds. The van der Waals surface area contributed by atoms with Crippen molar-refractivity contribution in [1.29, 1.82) is 0 Å². The van der Waals surface area contributed by atoms with E-state index in [9.17, 15) is 4.79 Å². The fraction of sp³-hybridized carbons (Fsp3) is 0.938. The highest BCUT2D eigenvalue weighted by molar-refractivity contribution is 5.77. The van der Waals surface area contributed by atoms with Crippen molar-refractivity contribution >= 4 is 5.91 Å². The summed E-state index contributed by atoms with van der Waals surface area (Å²) in [7, 11) is 0. The molecule has 0 saturated carbocycles. The van der Waals surface area contributed by atoms with Crippen LogP contribution in [0, 0.1) is 5.92 Å². The Balaban J connectivity index is 2.54. The van der Waals surface area contributed by atoms with Gasteiger partial charge in [0.2, 0.25) is 5.91 Å². The van der Waals surface area contributed by atoms with Crippen molar-refractivity contribution < 1.29 is 4.79 Å². The lowest BCUT2D eigenvalue weighted by Gasteiger charge is -2.34. The van der Waals surface area contributed by atoms with E-state index in [1.54, 1.807) is 0 Å². The largest absolute Gasteiger partial charge is 0.340 e. The molecule has 3 heteroatoms. The van der Waals surface area contributed by atoms with Crippen LogP contribution in [0.5, 0.6) is 0 Å². The van der Waals surface area contributed by atoms with Crippen molar-refractivity contribution in [2.75, 3.05) is 13.1 Å². The van der Waals surface area contributed by atoms with Crippen molar-refractivity contribution in [3.8, 4) is 0 Å². The van der Waals surface area contributed by atoms with Crippen LogP contribution in [0.3, 0.4) is 0 Å². The zero-order valence-electron chi connectivity index (χ0n) is 13.2. The van der Waals surface area contributed by atoms with E-state index in [2.05, 4.69) is 37.9 Å². The summed E-state index contributed by atoms with van der Waals surface area (Å²) in [5, 5.41) is 3.52. The number of amides is 1. The SMILES string of the molecule is CCCCN(C(=O)CC1NCCCC1C)C(C)CC. The zero-order chi connectivity index (χ0) is 14.3. The van der Waals surface area contributed by atoms with Crippen LogP contribution in [0.1, 0.15) is 66.2 Å². The van der Waals surface area contributed by atoms with Gasteiger partial charge in [0.1, 0.15) is 0 Å². The number of nitrogens with zero attached hydrogens (tertiary/aromatic N) is 1. The fourth-order valence-corrected chi connectivity index (χ4v) is 2.83. The van der Waals surface area contributed by atoms with Gasteiger partial charge in [0.05, 0.1) is 0 Å². The molecule has 0 bridgehead atoms. The van der Waals surface area contributed by atoms with Crippen LogP contribution in [-0.4, -0.2) is 36.0 Å². The Morgan fingerprint density at radius 1 is 1.42 bits per heavy atom. The third kappa shape index (κ3) is 5.13. The molecule has 1 fully saturated rings. The van der Waals surface area contributed by atoms with Gasteiger partial charge in [0.15, 0.2) is 0 Å². The summed E-state index contributed by atoms with van der Waals surface area (Å²) < 4.78 is 0. The molecular weight excluding hydrogens is 236 g/mol. The van der Waals surface area contributed by atoms with E-state index in [0.29, 0.717) is 30.3 Å². The number of carbonyl (C=O) groups excluding carboxylic acids is 1. The molecule has 0 spiro atoms. The van der Waals surface area contributed by atoms with Crippen LogP contribution in [-0.2, 0) is 4.79 Å². The standard InChI is InChI=1S/C16H32N2O/c1-5-7-11-18(14(4)6-2)16(19)12-15-13(3)9-8-10-17-15/h13-15,17H,5-12H2,1-4H3. The second-order valence-electron chi connectivity index (χ2n) is 6.08. The molecule has 112 valence electrons. The van der Waals surface area contributed by atoms with Crippen molar-refractivity contribution in [1.82, 2.24) is 10.2 Å². The molecule has 3 atom stereocenters. The van der Waals surface area contributed by atoms with Crippen molar-refractivity contribution in [3.05, 3.63) is 0 Å². The number of piperidine rings is 1. The second kappa shape index (κ2) is 8.57. The summed E-state index contributed by atoms with van der Waals surface area (Å²) in [4.78, 5) is 14.7. The molecule has 1 aliphatic heterocycles. The van der Waals surface area contributed by atoms with Crippen LogP contribution in [0.25, 0.3) is 0 Å². The number of carbonyl (C=O) groups is 1. The Bertz CT molecular complexity index is 267. The number of nitrogens with one attached hydrogen (secondary N) is 1. The molecule has 0 aliphatic carbocycles. The first-order chi connectivity index (χ1) is 9.10. The first-order valence-electron chi connectivity index (χ1n) is 8.12. The van der Waals surface area contributed by atoms with E-state index in [-0.39, 0.29) is 0 Å². The van der Waals surface area contributed by atoms with Crippen molar-refractivity contribution in [2.45, 2.75) is 78.3 Å². The lowest BCUT2D eigenvalue weighted by molar-refractivity contribution is -0.134. The number of unbranched alkanes of at least 4 members (excludes halogenated alkanes) is 1. The number of hydrogen-bond donors (Lipinski definition) is 1. The van der Waals surface area contributed by atoms with E-state index < -0.39 is 0 Å². The van der Waals surface area contributed by atoms with Crippen LogP contribution < -0.4 is 5.32 Å². The maximum Gasteiger partial charge on any atom is 0.224 e. The maximum atomic E-state index is 12.5. The summed E-state index contributed by atoms with van der Waals surface area (Å²) >= 11 is 0. The van der Waals surface area contributed by atoms with Gasteiger partial charge in [0, 0.05) is 25.0 Å². The Hall–Kier alpha value is -0.570. The highest BCUT2D eigenvalue weighted by Gasteiger charge is 2.26. The van der Waals surface area contributed by atoms with Crippen molar-refractivity contribution in [3.63, 3.8) is 0 Å². The van der Waals surface area contributed by atoms with Gasteiger partial charge in [-0.15, -0.1) is 0 Å². The lowest BCUT2D eigenvalue weighted by atomic mass is 9.90. The van der Waals surface area contributed by atoms with Crippen molar-refractivity contribution in [2.24, 2.45) is 5.92 Å². The minimum absolute atomic E-state index is 0.342. The summed E-state index contributed by atoms with van der Waals surface area (Å²) in [6.45, 7) is 10.8. The van der Waals surface area contributed by atoms with Gasteiger partial charge in [-0.1, -0.05) is 27.2 Å². The minimum Gasteiger partial charge on any atom is -0.340 e. The van der Waals surface area contributed by atoms with Gasteiger partial charge in [-0.25, -0.2) is 0 Å². The summed E-state index contributed by atoms with van der Waals surface area (Å²) in [5.74, 6) is 0.969. The monoisotopic (exact) mass is 268 g/mol. The van der Waals surface area contributed by atoms with Crippen LogP contribution >= 0.6 is 0 Å². The average molecular weight is 268 g/mol.